The van der Waals surface area contributed by atoms with Gasteiger partial charge in [0.15, 0.2) is 24.0 Å². The van der Waals surface area contributed by atoms with Gasteiger partial charge in [0.1, 0.15) is 60.5 Å². The molecule has 66 heavy (non-hydrogen) atoms. The van der Waals surface area contributed by atoms with Crippen LogP contribution < -0.4 is 15.4 Å². The van der Waals surface area contributed by atoms with E-state index in [1.807, 2.05) is 0 Å². The lowest BCUT2D eigenvalue weighted by Gasteiger charge is -2.42. The molecule has 11 atom stereocenters. The van der Waals surface area contributed by atoms with Crippen LogP contribution in [0.4, 0.5) is 15.3 Å². The van der Waals surface area contributed by atoms with Crippen molar-refractivity contribution in [2.45, 2.75) is 99.7 Å². The molecule has 4 aliphatic rings. The number of carbonyl (C=O) groups excluding carboxylic acids is 6. The highest BCUT2D eigenvalue weighted by Crippen LogP contribution is 2.52. The van der Waals surface area contributed by atoms with Gasteiger partial charge < -0.3 is 79.3 Å². The minimum Gasteiger partial charge on any atom is -0.507 e. The number of phenols is 2. The van der Waals surface area contributed by atoms with Crippen LogP contribution in [0.2, 0.25) is 0 Å². The molecule has 2 heterocycles. The molecule has 2 aliphatic carbocycles. The van der Waals surface area contributed by atoms with Gasteiger partial charge in [0, 0.05) is 41.6 Å². The Morgan fingerprint density at radius 2 is 1.55 bits per heavy atom. The number of benzene rings is 3. The van der Waals surface area contributed by atoms with E-state index in [0.29, 0.717) is 5.56 Å². The maximum absolute atomic E-state index is 14.0. The molecule has 2 aliphatic heterocycles. The summed E-state index contributed by atoms with van der Waals surface area (Å²) in [5.41, 5.74) is -3.85. The van der Waals surface area contributed by atoms with E-state index in [2.05, 4.69) is 15.4 Å². The number of hydrogen-bond donors (Lipinski definition) is 10. The van der Waals surface area contributed by atoms with E-state index in [9.17, 15) is 69.6 Å². The summed E-state index contributed by atoms with van der Waals surface area (Å²) in [5.74, 6) is -5.45. The minimum atomic E-state index is -2.41. The van der Waals surface area contributed by atoms with Crippen molar-refractivity contribution in [1.29, 1.82) is 0 Å². The SMILES string of the molecule is COC(=O)[C@H]1O[C@@H](OC(=O)Nc2ccc(COC(=O)N[C@H]3C[C@H](O[C@H]4C[C@](O)(C(=O)CO)Cc5c(O)c6c(c(O)c54)C(=O)c4c(OC)cccc4C6=O)O[C@@H](C)[C@H]3O)cc2)[C@H](O)[C@@H](O)[C@@H]1O. The van der Waals surface area contributed by atoms with Crippen LogP contribution in [0.5, 0.6) is 17.2 Å². The van der Waals surface area contributed by atoms with Gasteiger partial charge >= 0.3 is 18.2 Å². The van der Waals surface area contributed by atoms with Crippen molar-refractivity contribution in [1.82, 2.24) is 5.32 Å². The summed E-state index contributed by atoms with van der Waals surface area (Å²) in [7, 11) is 2.28. The second-order valence-electron chi connectivity index (χ2n) is 16.0. The number of aliphatic hydroxyl groups excluding tert-OH is 5. The molecule has 7 rings (SSSR count). The van der Waals surface area contributed by atoms with Gasteiger partial charge in [-0.3, -0.25) is 19.7 Å². The molecule has 0 saturated carbocycles. The Balaban J connectivity index is 1.02. The number of carbonyl (C=O) groups is 6. The largest absolute Gasteiger partial charge is 0.507 e. The van der Waals surface area contributed by atoms with Gasteiger partial charge in [-0.05, 0) is 30.7 Å². The molecule has 354 valence electrons. The fraction of sp³-hybridized carbons (Fsp3) is 0.442. The maximum atomic E-state index is 14.0. The molecule has 0 bridgehead atoms. The fourth-order valence-electron chi connectivity index (χ4n) is 8.39. The molecule has 23 nitrogen and oxygen atoms in total. The second-order valence-corrected chi connectivity index (χ2v) is 16.0. The zero-order chi connectivity index (χ0) is 47.9. The highest BCUT2D eigenvalue weighted by molar-refractivity contribution is 6.31. The van der Waals surface area contributed by atoms with Crippen LogP contribution in [0.3, 0.4) is 0 Å². The summed E-state index contributed by atoms with van der Waals surface area (Å²) in [6.07, 6.45) is -18.4. The minimum absolute atomic E-state index is 0.0215. The average Bonchev–Trinajstić information content (AvgIpc) is 3.29. The predicted octanol–water partition coefficient (Wildman–Crippen LogP) is -0.502. The van der Waals surface area contributed by atoms with E-state index in [4.69, 9.17) is 28.4 Å². The Labute approximate surface area is 373 Å². The molecule has 0 aromatic heterocycles. The number of ether oxygens (including phenoxy) is 7. The van der Waals surface area contributed by atoms with Gasteiger partial charge in [-0.15, -0.1) is 0 Å². The third kappa shape index (κ3) is 8.87. The van der Waals surface area contributed by atoms with Crippen LogP contribution in [0.15, 0.2) is 42.5 Å². The second kappa shape index (κ2) is 18.9. The Morgan fingerprint density at radius 1 is 0.848 bits per heavy atom. The molecule has 3 aromatic carbocycles. The van der Waals surface area contributed by atoms with Crippen LogP contribution in [-0.4, -0.2) is 158 Å². The molecule has 2 saturated heterocycles. The fourth-order valence-corrected chi connectivity index (χ4v) is 8.39. The molecule has 0 spiro atoms. The van der Waals surface area contributed by atoms with Gasteiger partial charge in [-0.2, -0.15) is 0 Å². The normalized spacial score (nSPS) is 29.0. The van der Waals surface area contributed by atoms with Gasteiger partial charge in [0.05, 0.1) is 49.2 Å². The Hall–Kier alpha value is -6.28. The van der Waals surface area contributed by atoms with Gasteiger partial charge in [-0.25, -0.2) is 14.4 Å². The molecular weight excluding hydrogens is 880 g/mol. The number of aliphatic hydroxyl groups is 6. The van der Waals surface area contributed by atoms with Gasteiger partial charge in [0.25, 0.3) is 0 Å². The quantitative estimate of drug-likeness (QED) is 0.0515. The first-order valence-corrected chi connectivity index (χ1v) is 20.3. The molecule has 23 heteroatoms. The van der Waals surface area contributed by atoms with Crippen molar-refractivity contribution < 1.29 is 103 Å². The van der Waals surface area contributed by atoms with Gasteiger partial charge in [0.2, 0.25) is 12.1 Å². The lowest BCUT2D eigenvalue weighted by atomic mass is 9.72. The lowest BCUT2D eigenvalue weighted by Crippen LogP contribution is -2.61. The highest BCUT2D eigenvalue weighted by Gasteiger charge is 2.51. The monoisotopic (exact) mass is 926 g/mol. The Morgan fingerprint density at radius 3 is 2.21 bits per heavy atom. The lowest BCUT2D eigenvalue weighted by molar-refractivity contribution is -0.278. The van der Waals surface area contributed by atoms with E-state index in [1.165, 1.54) is 56.5 Å². The molecule has 0 radical (unpaired) electrons. The number of fused-ring (bicyclic) bond motifs is 3. The summed E-state index contributed by atoms with van der Waals surface area (Å²) in [5, 5.41) is 90.9. The first kappa shape index (κ1) is 47.7. The summed E-state index contributed by atoms with van der Waals surface area (Å²) < 4.78 is 37.3. The number of aromatic hydroxyl groups is 2. The van der Waals surface area contributed by atoms with E-state index >= 15 is 0 Å². The third-order valence-electron chi connectivity index (χ3n) is 11.9. The molecule has 2 amide bonds. The number of alkyl carbamates (subject to hydrolysis) is 1. The molecular formula is C43H46N2O21. The predicted molar refractivity (Wildman–Crippen MR) is 216 cm³/mol. The standard InChI is InChI=1S/C43H46N2O21/c1-16-30(48)21(45-41(57)62-15-17-7-9-18(10-8-17)44-42(58)66-40-37(55)35(53)36(54)38(65-40)39(56)61-3)11-25(63-16)64-23-13-43(59,24(47)14-46)12-20-27(23)34(52)29-28(32(20)50)31(49)19-5-4-6-22(60-2)26(19)33(29)51/h4-10,16,21,23,25,30,35-38,40,46,48,50,52-55,59H,11-15H2,1-3H3,(H,44,58)(H,45,57)/t16-,21-,23-,25-,30+,35-,36-,37+,38-,40-,43-/m0/s1. The number of methoxy groups -OCH3 is 2. The number of rotatable bonds is 11. The number of Topliss-reactive ketones (excluding diaryl/α,β-unsaturated/α-hetero) is 1. The zero-order valence-electron chi connectivity index (χ0n) is 35.2. The van der Waals surface area contributed by atoms with E-state index in [0.717, 1.165) is 7.11 Å². The third-order valence-corrected chi connectivity index (χ3v) is 11.9. The molecule has 10 N–H and O–H groups in total. The number of hydrogen-bond acceptors (Lipinski definition) is 21. The average molecular weight is 927 g/mol. The summed E-state index contributed by atoms with van der Waals surface area (Å²) in [4.78, 5) is 78.2. The number of amides is 2. The van der Waals surface area contributed by atoms with Crippen molar-refractivity contribution in [3.8, 4) is 17.2 Å². The van der Waals surface area contributed by atoms with Crippen LogP contribution in [0.1, 0.15) is 74.4 Å². The summed E-state index contributed by atoms with van der Waals surface area (Å²) in [6.45, 7) is 0.0118. The molecule has 3 aromatic rings. The zero-order valence-corrected chi connectivity index (χ0v) is 35.2. The molecule has 2 fully saturated rings. The van der Waals surface area contributed by atoms with Crippen LogP contribution >= 0.6 is 0 Å². The highest BCUT2D eigenvalue weighted by atomic mass is 16.7. The maximum Gasteiger partial charge on any atom is 0.414 e. The van der Waals surface area contributed by atoms with Gasteiger partial charge in [-0.1, -0.05) is 24.3 Å². The summed E-state index contributed by atoms with van der Waals surface area (Å²) in [6, 6.07) is 8.83. The Bertz CT molecular complexity index is 2430. The topological polar surface area (TPSA) is 353 Å². The van der Waals surface area contributed by atoms with Crippen molar-refractivity contribution >= 4 is 41.2 Å². The van der Waals surface area contributed by atoms with E-state index in [1.54, 1.807) is 0 Å². The smallest absolute Gasteiger partial charge is 0.414 e. The first-order valence-electron chi connectivity index (χ1n) is 20.3. The number of anilines is 1. The number of esters is 1. The van der Waals surface area contributed by atoms with Crippen LogP contribution in [0, 0.1) is 0 Å². The van der Waals surface area contributed by atoms with Crippen molar-refractivity contribution in [2.24, 2.45) is 0 Å². The van der Waals surface area contributed by atoms with E-state index in [-0.39, 0.29) is 46.7 Å². The number of ketones is 3. The van der Waals surface area contributed by atoms with E-state index < -0.39 is 145 Å². The van der Waals surface area contributed by atoms with Crippen LogP contribution in [0.25, 0.3) is 0 Å². The van der Waals surface area contributed by atoms with Crippen molar-refractivity contribution in [3.63, 3.8) is 0 Å². The van der Waals surface area contributed by atoms with Crippen molar-refractivity contribution in [2.75, 3.05) is 26.1 Å². The Kier molecular flexibility index (Phi) is 13.7. The molecule has 0 unspecified atom stereocenters. The van der Waals surface area contributed by atoms with Crippen LogP contribution in [-0.2, 0) is 51.0 Å². The number of nitrogens with one attached hydrogen (secondary N) is 2. The number of phenolic OH excluding ortho intramolecular Hbond substituents is 2. The van der Waals surface area contributed by atoms with Crippen molar-refractivity contribution in [3.05, 3.63) is 81.4 Å². The summed E-state index contributed by atoms with van der Waals surface area (Å²) >= 11 is 0. The first-order chi connectivity index (χ1) is 31.3.